The van der Waals surface area contributed by atoms with Gasteiger partial charge in [-0.25, -0.2) is 0 Å². The van der Waals surface area contributed by atoms with E-state index in [1.165, 1.54) is 37.1 Å². The summed E-state index contributed by atoms with van der Waals surface area (Å²) in [4.78, 5) is 2.56. The predicted octanol–water partition coefficient (Wildman–Crippen LogP) is 4.98. The Morgan fingerprint density at radius 1 is 1.00 bits per heavy atom. The fraction of sp³-hybridized carbons (Fsp3) is 0.364. The Balaban J connectivity index is 1.44. The molecule has 0 N–H and O–H groups in total. The van der Waals surface area contributed by atoms with Gasteiger partial charge < -0.3 is 4.74 Å². The van der Waals surface area contributed by atoms with E-state index in [9.17, 15) is 0 Å². The first kappa shape index (κ1) is 16.8. The molecule has 0 saturated carbocycles. The highest BCUT2D eigenvalue weighted by Crippen LogP contribution is 2.22. The molecule has 0 spiro atoms. The topological polar surface area (TPSA) is 12.5 Å². The maximum absolute atomic E-state index is 6.11. The minimum Gasteiger partial charge on any atom is -0.493 e. The highest BCUT2D eigenvalue weighted by molar-refractivity contribution is 5.59. The van der Waals surface area contributed by atoms with Gasteiger partial charge in [-0.05, 0) is 50.4 Å². The third-order valence-electron chi connectivity index (χ3n) is 4.75. The minimum atomic E-state index is 0.663. The van der Waals surface area contributed by atoms with Gasteiger partial charge in [0.25, 0.3) is 0 Å². The second-order valence-electron chi connectivity index (χ2n) is 6.54. The smallest absolute Gasteiger partial charge is 0.122 e. The second-order valence-corrected chi connectivity index (χ2v) is 6.54. The van der Waals surface area contributed by atoms with E-state index in [-0.39, 0.29) is 0 Å². The second kappa shape index (κ2) is 8.70. The van der Waals surface area contributed by atoms with Gasteiger partial charge in [0, 0.05) is 12.1 Å². The molecule has 0 aliphatic carbocycles. The van der Waals surface area contributed by atoms with Crippen molar-refractivity contribution in [3.63, 3.8) is 0 Å². The van der Waals surface area contributed by atoms with E-state index in [2.05, 4.69) is 65.6 Å². The number of likely N-dealkylation sites (tertiary alicyclic amines) is 1. The molecule has 0 unspecified atom stereocenters. The van der Waals surface area contributed by atoms with Crippen LogP contribution >= 0.6 is 0 Å². The first-order valence-electron chi connectivity index (χ1n) is 8.96. The van der Waals surface area contributed by atoms with Crippen LogP contribution in [-0.4, -0.2) is 24.6 Å². The molecule has 24 heavy (non-hydrogen) atoms. The summed E-state index contributed by atoms with van der Waals surface area (Å²) in [5.41, 5.74) is 2.58. The first-order valence-corrected chi connectivity index (χ1v) is 8.96. The largest absolute Gasteiger partial charge is 0.493 e. The number of nitrogens with zero attached hydrogens (tertiary/aromatic N) is 1. The zero-order valence-electron chi connectivity index (χ0n) is 14.5. The molecule has 3 rings (SSSR count). The zero-order valence-corrected chi connectivity index (χ0v) is 14.5. The van der Waals surface area contributed by atoms with Crippen LogP contribution in [0.5, 0.6) is 0 Å². The third-order valence-corrected chi connectivity index (χ3v) is 4.75. The van der Waals surface area contributed by atoms with Crippen molar-refractivity contribution in [2.24, 2.45) is 5.92 Å². The Kier molecular flexibility index (Phi) is 6.08. The van der Waals surface area contributed by atoms with Crippen molar-refractivity contribution in [1.82, 2.24) is 4.90 Å². The fourth-order valence-electron chi connectivity index (χ4n) is 3.30. The summed E-state index contributed by atoms with van der Waals surface area (Å²) in [6.07, 6.45) is 4.51. The van der Waals surface area contributed by atoms with Crippen molar-refractivity contribution < 1.29 is 4.74 Å². The zero-order chi connectivity index (χ0) is 16.6. The number of benzene rings is 2. The van der Waals surface area contributed by atoms with E-state index in [0.29, 0.717) is 5.92 Å². The van der Waals surface area contributed by atoms with Crippen LogP contribution in [0.3, 0.4) is 0 Å². The highest BCUT2D eigenvalue weighted by Gasteiger charge is 2.20. The van der Waals surface area contributed by atoms with E-state index in [1.54, 1.807) is 0 Å². The van der Waals surface area contributed by atoms with Crippen molar-refractivity contribution >= 4 is 5.76 Å². The van der Waals surface area contributed by atoms with E-state index < -0.39 is 0 Å². The molecule has 1 aliphatic heterocycles. The Hall–Kier alpha value is -2.06. The van der Waals surface area contributed by atoms with Crippen LogP contribution in [0.4, 0.5) is 0 Å². The molecule has 1 saturated heterocycles. The summed E-state index contributed by atoms with van der Waals surface area (Å²) < 4.78 is 6.11. The van der Waals surface area contributed by atoms with E-state index in [1.807, 2.05) is 13.0 Å². The normalized spacial score (nSPS) is 17.0. The molecule has 2 heteroatoms. The van der Waals surface area contributed by atoms with Crippen LogP contribution in [0.15, 0.2) is 66.7 Å². The number of hydrogen-bond acceptors (Lipinski definition) is 2. The molecule has 0 bridgehead atoms. The number of rotatable bonds is 6. The van der Waals surface area contributed by atoms with Gasteiger partial charge in [0.2, 0.25) is 0 Å². The van der Waals surface area contributed by atoms with Crippen molar-refractivity contribution in [2.45, 2.75) is 26.3 Å². The molecule has 0 atom stereocenters. The third kappa shape index (κ3) is 4.72. The SMILES string of the molecule is C/C=C(\OCC1CCN(Cc2ccccc2)CC1)c1ccccc1. The molecule has 1 heterocycles. The van der Waals surface area contributed by atoms with Crippen LogP contribution in [0, 0.1) is 5.92 Å². The highest BCUT2D eigenvalue weighted by atomic mass is 16.5. The Morgan fingerprint density at radius 3 is 2.25 bits per heavy atom. The van der Waals surface area contributed by atoms with Gasteiger partial charge in [0.1, 0.15) is 5.76 Å². The summed E-state index contributed by atoms with van der Waals surface area (Å²) in [6, 6.07) is 21.1. The van der Waals surface area contributed by atoms with Gasteiger partial charge in [-0.2, -0.15) is 0 Å². The van der Waals surface area contributed by atoms with Gasteiger partial charge in [-0.15, -0.1) is 0 Å². The Bertz CT molecular complexity index is 628. The molecular weight excluding hydrogens is 294 g/mol. The van der Waals surface area contributed by atoms with Crippen LogP contribution in [0.1, 0.15) is 30.9 Å². The molecule has 2 nitrogen and oxygen atoms in total. The average Bonchev–Trinajstić information content (AvgIpc) is 2.65. The first-order chi connectivity index (χ1) is 11.8. The van der Waals surface area contributed by atoms with E-state index in [0.717, 1.165) is 18.9 Å². The predicted molar refractivity (Wildman–Crippen MR) is 100 cm³/mol. The molecule has 2 aromatic carbocycles. The van der Waals surface area contributed by atoms with Crippen molar-refractivity contribution in [1.29, 1.82) is 0 Å². The number of piperidine rings is 1. The van der Waals surface area contributed by atoms with Crippen LogP contribution in [-0.2, 0) is 11.3 Å². The number of hydrogen-bond donors (Lipinski definition) is 0. The Labute approximate surface area is 145 Å². The lowest BCUT2D eigenvalue weighted by molar-refractivity contribution is 0.125. The van der Waals surface area contributed by atoms with E-state index >= 15 is 0 Å². The van der Waals surface area contributed by atoms with Gasteiger partial charge in [-0.1, -0.05) is 60.7 Å². The van der Waals surface area contributed by atoms with Gasteiger partial charge >= 0.3 is 0 Å². The molecule has 126 valence electrons. The van der Waals surface area contributed by atoms with Gasteiger partial charge in [0.15, 0.2) is 0 Å². The molecule has 1 aliphatic rings. The molecule has 1 fully saturated rings. The minimum absolute atomic E-state index is 0.663. The molecule has 2 aromatic rings. The van der Waals surface area contributed by atoms with Crippen molar-refractivity contribution in [3.8, 4) is 0 Å². The monoisotopic (exact) mass is 321 g/mol. The van der Waals surface area contributed by atoms with Crippen molar-refractivity contribution in [2.75, 3.05) is 19.7 Å². The summed E-state index contributed by atoms with van der Waals surface area (Å²) in [7, 11) is 0. The molecule has 0 radical (unpaired) electrons. The standard InChI is InChI=1S/C22H27NO/c1-2-22(21-11-7-4-8-12-21)24-18-20-13-15-23(16-14-20)17-19-9-5-3-6-10-19/h2-12,20H,13-18H2,1H3/b22-2-. The van der Waals surface area contributed by atoms with Crippen LogP contribution < -0.4 is 0 Å². The average molecular weight is 321 g/mol. The van der Waals surface area contributed by atoms with Crippen LogP contribution in [0.2, 0.25) is 0 Å². The maximum atomic E-state index is 6.11. The summed E-state index contributed by atoms with van der Waals surface area (Å²) in [5, 5.41) is 0. The van der Waals surface area contributed by atoms with E-state index in [4.69, 9.17) is 4.74 Å². The van der Waals surface area contributed by atoms with Crippen molar-refractivity contribution in [3.05, 3.63) is 77.9 Å². The lowest BCUT2D eigenvalue weighted by Crippen LogP contribution is -2.34. The summed E-state index contributed by atoms with van der Waals surface area (Å²) in [5.74, 6) is 1.66. The quantitative estimate of drug-likeness (QED) is 0.696. The van der Waals surface area contributed by atoms with Crippen LogP contribution in [0.25, 0.3) is 5.76 Å². The number of allylic oxidation sites excluding steroid dienone is 1. The molecular formula is C22H27NO. The lowest BCUT2D eigenvalue weighted by Gasteiger charge is -2.32. The fourth-order valence-corrected chi connectivity index (χ4v) is 3.30. The maximum Gasteiger partial charge on any atom is 0.122 e. The molecule has 0 aromatic heterocycles. The van der Waals surface area contributed by atoms with Gasteiger partial charge in [0.05, 0.1) is 6.61 Å². The van der Waals surface area contributed by atoms with Gasteiger partial charge in [-0.3, -0.25) is 4.90 Å². The molecule has 0 amide bonds. The number of ether oxygens (including phenoxy) is 1. The summed E-state index contributed by atoms with van der Waals surface area (Å²) in [6.45, 7) is 6.27. The Morgan fingerprint density at radius 2 is 1.62 bits per heavy atom. The lowest BCUT2D eigenvalue weighted by atomic mass is 9.97. The summed E-state index contributed by atoms with van der Waals surface area (Å²) >= 11 is 0.